The fourth-order valence-electron chi connectivity index (χ4n) is 1.52. The summed E-state index contributed by atoms with van der Waals surface area (Å²) >= 11 is 17.4. The molecular weight excluding hydrogens is 270 g/mol. The van der Waals surface area contributed by atoms with Crippen molar-refractivity contribution in [2.24, 2.45) is 5.10 Å². The van der Waals surface area contributed by atoms with E-state index >= 15 is 0 Å². The number of rotatable bonds is 1. The van der Waals surface area contributed by atoms with Gasteiger partial charge in [0.15, 0.2) is 0 Å². The largest absolute Gasteiger partial charge is 0.365 e. The lowest BCUT2D eigenvalue weighted by Crippen LogP contribution is -2.53. The van der Waals surface area contributed by atoms with Crippen LogP contribution in [0.3, 0.4) is 0 Å². The van der Waals surface area contributed by atoms with Crippen molar-refractivity contribution < 1.29 is 5.11 Å². The molecule has 16 heavy (non-hydrogen) atoms. The number of para-hydroxylation sites is 1. The Morgan fingerprint density at radius 3 is 2.44 bits per heavy atom. The minimum Gasteiger partial charge on any atom is -0.365 e. The SMILES string of the molecule is OC1(C(Cl)(Cl)Cl)CC=NN1c1ccccc1. The quantitative estimate of drug-likeness (QED) is 0.802. The van der Waals surface area contributed by atoms with Crippen LogP contribution in [0.2, 0.25) is 0 Å². The molecule has 1 aliphatic rings. The summed E-state index contributed by atoms with van der Waals surface area (Å²) < 4.78 is -1.83. The summed E-state index contributed by atoms with van der Waals surface area (Å²) in [6.45, 7) is 0. The third kappa shape index (κ3) is 1.89. The van der Waals surface area contributed by atoms with Crippen LogP contribution in [-0.2, 0) is 0 Å². The molecule has 0 radical (unpaired) electrons. The molecule has 1 aromatic rings. The van der Waals surface area contributed by atoms with Crippen LogP contribution in [0.1, 0.15) is 6.42 Å². The average Bonchev–Trinajstić information content (AvgIpc) is 2.62. The number of aliphatic hydroxyl groups is 1. The second-order valence-corrected chi connectivity index (χ2v) is 5.75. The smallest absolute Gasteiger partial charge is 0.239 e. The van der Waals surface area contributed by atoms with Gasteiger partial charge in [-0.05, 0) is 12.1 Å². The van der Waals surface area contributed by atoms with Crippen molar-refractivity contribution in [1.29, 1.82) is 0 Å². The van der Waals surface area contributed by atoms with Crippen LogP contribution in [0.15, 0.2) is 35.4 Å². The fourth-order valence-corrected chi connectivity index (χ4v) is 1.99. The molecule has 1 atom stereocenters. The van der Waals surface area contributed by atoms with Crippen molar-refractivity contribution in [2.75, 3.05) is 5.01 Å². The van der Waals surface area contributed by atoms with Gasteiger partial charge >= 0.3 is 0 Å². The number of hydrogen-bond acceptors (Lipinski definition) is 3. The van der Waals surface area contributed by atoms with Gasteiger partial charge in [0.1, 0.15) is 0 Å². The van der Waals surface area contributed by atoms with E-state index in [1.54, 1.807) is 12.1 Å². The molecule has 1 unspecified atom stereocenters. The van der Waals surface area contributed by atoms with Gasteiger partial charge in [-0.25, -0.2) is 5.01 Å². The zero-order valence-corrected chi connectivity index (χ0v) is 10.4. The summed E-state index contributed by atoms with van der Waals surface area (Å²) in [6.07, 6.45) is 1.69. The Morgan fingerprint density at radius 1 is 1.25 bits per heavy atom. The second-order valence-electron chi connectivity index (χ2n) is 3.46. The van der Waals surface area contributed by atoms with Crippen LogP contribution in [0.4, 0.5) is 5.69 Å². The summed E-state index contributed by atoms with van der Waals surface area (Å²) in [5, 5.41) is 15.7. The predicted molar refractivity (Wildman–Crippen MR) is 67.3 cm³/mol. The van der Waals surface area contributed by atoms with E-state index in [-0.39, 0.29) is 6.42 Å². The Kier molecular flexibility index (Phi) is 3.05. The normalized spacial score (nSPS) is 25.1. The third-order valence-corrected chi connectivity index (χ3v) is 3.29. The minimum absolute atomic E-state index is 0.165. The van der Waals surface area contributed by atoms with Gasteiger partial charge in [0.2, 0.25) is 9.52 Å². The van der Waals surface area contributed by atoms with Crippen molar-refractivity contribution in [3.63, 3.8) is 0 Å². The number of nitrogens with zero attached hydrogens (tertiary/aromatic N) is 2. The monoisotopic (exact) mass is 278 g/mol. The number of halogens is 3. The lowest BCUT2D eigenvalue weighted by atomic mass is 10.1. The van der Waals surface area contributed by atoms with Gasteiger partial charge in [0.25, 0.3) is 0 Å². The maximum Gasteiger partial charge on any atom is 0.239 e. The molecule has 0 fully saturated rings. The van der Waals surface area contributed by atoms with Crippen molar-refractivity contribution in [2.45, 2.75) is 15.9 Å². The summed E-state index contributed by atoms with van der Waals surface area (Å²) in [6, 6.07) is 9.07. The van der Waals surface area contributed by atoms with Crippen molar-refractivity contribution in [3.05, 3.63) is 30.3 Å². The molecule has 86 valence electrons. The highest BCUT2D eigenvalue weighted by Crippen LogP contribution is 2.45. The summed E-state index contributed by atoms with van der Waals surface area (Å²) in [5.74, 6) is 0. The molecule has 0 spiro atoms. The van der Waals surface area contributed by atoms with Gasteiger partial charge in [-0.2, -0.15) is 5.10 Å². The maximum atomic E-state index is 10.3. The Labute approximate surface area is 108 Å². The number of anilines is 1. The molecule has 0 bridgehead atoms. The molecule has 1 aliphatic heterocycles. The maximum absolute atomic E-state index is 10.3. The van der Waals surface area contributed by atoms with Crippen LogP contribution in [0, 0.1) is 0 Å². The zero-order valence-electron chi connectivity index (χ0n) is 8.15. The molecule has 0 saturated heterocycles. The molecular formula is C10H9Cl3N2O. The minimum atomic E-state index is -1.83. The molecule has 0 aromatic heterocycles. The number of hydrogen-bond donors (Lipinski definition) is 1. The Morgan fingerprint density at radius 2 is 1.88 bits per heavy atom. The van der Waals surface area contributed by atoms with E-state index < -0.39 is 9.52 Å². The average molecular weight is 280 g/mol. The van der Waals surface area contributed by atoms with E-state index in [0.29, 0.717) is 5.69 Å². The van der Waals surface area contributed by atoms with Crippen molar-refractivity contribution >= 4 is 46.7 Å². The van der Waals surface area contributed by atoms with E-state index in [0.717, 1.165) is 0 Å². The van der Waals surface area contributed by atoms with E-state index in [1.165, 1.54) is 11.2 Å². The molecule has 6 heteroatoms. The molecule has 2 rings (SSSR count). The molecule has 3 nitrogen and oxygen atoms in total. The zero-order chi connectivity index (χ0) is 11.8. The first-order valence-electron chi connectivity index (χ1n) is 4.62. The highest BCUT2D eigenvalue weighted by atomic mass is 35.6. The second kappa shape index (κ2) is 4.08. The molecule has 0 aliphatic carbocycles. The number of hydrazone groups is 1. The van der Waals surface area contributed by atoms with Crippen LogP contribution in [0.5, 0.6) is 0 Å². The topological polar surface area (TPSA) is 35.8 Å². The van der Waals surface area contributed by atoms with E-state index in [4.69, 9.17) is 34.8 Å². The molecule has 1 heterocycles. The molecule has 0 saturated carbocycles. The molecule has 1 aromatic carbocycles. The van der Waals surface area contributed by atoms with Gasteiger partial charge in [-0.15, -0.1) is 0 Å². The lowest BCUT2D eigenvalue weighted by molar-refractivity contribution is 0.0568. The highest BCUT2D eigenvalue weighted by molar-refractivity contribution is 6.68. The summed E-state index contributed by atoms with van der Waals surface area (Å²) in [5.41, 5.74) is -0.968. The Balaban J connectivity index is 2.38. The van der Waals surface area contributed by atoms with E-state index in [1.807, 2.05) is 18.2 Å². The molecule has 0 amide bonds. The first kappa shape index (κ1) is 12.0. The van der Waals surface area contributed by atoms with Gasteiger partial charge in [0.05, 0.1) is 5.69 Å². The van der Waals surface area contributed by atoms with Crippen LogP contribution < -0.4 is 5.01 Å². The predicted octanol–water partition coefficient (Wildman–Crippen LogP) is 2.94. The lowest BCUT2D eigenvalue weighted by Gasteiger charge is -2.37. The van der Waals surface area contributed by atoms with Gasteiger partial charge in [-0.1, -0.05) is 53.0 Å². The number of benzene rings is 1. The fraction of sp³-hybridized carbons (Fsp3) is 0.300. The molecule has 1 N–H and O–H groups in total. The van der Waals surface area contributed by atoms with Crippen molar-refractivity contribution in [1.82, 2.24) is 0 Å². The van der Waals surface area contributed by atoms with Crippen molar-refractivity contribution in [3.8, 4) is 0 Å². The summed E-state index contributed by atoms with van der Waals surface area (Å²) in [4.78, 5) is 0. The van der Waals surface area contributed by atoms with E-state index in [9.17, 15) is 5.11 Å². The van der Waals surface area contributed by atoms with Gasteiger partial charge in [0, 0.05) is 12.6 Å². The first-order valence-corrected chi connectivity index (χ1v) is 5.75. The van der Waals surface area contributed by atoms with E-state index in [2.05, 4.69) is 5.10 Å². The van der Waals surface area contributed by atoms with Gasteiger partial charge in [-0.3, -0.25) is 0 Å². The van der Waals surface area contributed by atoms with Crippen LogP contribution in [-0.4, -0.2) is 20.8 Å². The standard InChI is InChI=1S/C10H9Cl3N2O/c11-10(12,13)9(16)6-7-14-15(9)8-4-2-1-3-5-8/h1-5,7,16H,6H2. The Hall–Kier alpha value is -0.480. The van der Waals surface area contributed by atoms with Gasteiger partial charge < -0.3 is 5.11 Å². The number of alkyl halides is 3. The highest BCUT2D eigenvalue weighted by Gasteiger charge is 2.54. The first-order chi connectivity index (χ1) is 7.45. The third-order valence-electron chi connectivity index (χ3n) is 2.38. The summed E-state index contributed by atoms with van der Waals surface area (Å²) in [7, 11) is 0. The Bertz CT molecular complexity index is 404. The van der Waals surface area contributed by atoms with Crippen LogP contribution in [0.25, 0.3) is 0 Å². The van der Waals surface area contributed by atoms with Crippen LogP contribution >= 0.6 is 34.8 Å².